The quantitative estimate of drug-likeness (QED) is 0.146. The van der Waals surface area contributed by atoms with Crippen molar-refractivity contribution < 1.29 is 23.5 Å². The van der Waals surface area contributed by atoms with Crippen molar-refractivity contribution in [3.63, 3.8) is 0 Å². The molecule has 10 heteroatoms. The molecule has 0 saturated heterocycles. The standard InChI is InChI=1S/C37H37F2N3O4S/c1-22(2)35(45)40-25-16-14-24(15-17-25)33-27(19-41(5)18-23-10-7-6-8-11-23)31-32(43)28(34(44)37(3,4)46)21-42(36(31)47-33)20-26-29(38)12-9-13-30(26)39/h6-17,21-22,46H,18-20H2,1-5H3,(H,40,45). The summed E-state index contributed by atoms with van der Waals surface area (Å²) >= 11 is 1.28. The first-order valence-corrected chi connectivity index (χ1v) is 16.1. The van der Waals surface area contributed by atoms with Gasteiger partial charge in [-0.1, -0.05) is 62.4 Å². The van der Waals surface area contributed by atoms with Crippen LogP contribution in [0.25, 0.3) is 20.7 Å². The Hall–Kier alpha value is -4.51. The second-order valence-electron chi connectivity index (χ2n) is 12.6. The molecule has 0 aliphatic carbocycles. The Morgan fingerprint density at radius 1 is 0.936 bits per heavy atom. The van der Waals surface area contributed by atoms with Crippen LogP contribution in [-0.2, 0) is 24.4 Å². The number of ketones is 1. The van der Waals surface area contributed by atoms with Crippen molar-refractivity contribution >= 4 is 38.9 Å². The number of hydrogen-bond donors (Lipinski definition) is 2. The summed E-state index contributed by atoms with van der Waals surface area (Å²) in [5.74, 6) is -2.63. The lowest BCUT2D eigenvalue weighted by atomic mass is 9.96. The van der Waals surface area contributed by atoms with E-state index in [1.807, 2.05) is 54.4 Å². The summed E-state index contributed by atoms with van der Waals surface area (Å²) in [6.07, 6.45) is 1.29. The fraction of sp³-hybridized carbons (Fsp3) is 0.270. The molecule has 47 heavy (non-hydrogen) atoms. The van der Waals surface area contributed by atoms with Gasteiger partial charge in [-0.3, -0.25) is 19.3 Å². The van der Waals surface area contributed by atoms with Gasteiger partial charge in [-0.2, -0.15) is 0 Å². The summed E-state index contributed by atoms with van der Waals surface area (Å²) in [6, 6.07) is 20.7. The topological polar surface area (TPSA) is 91.6 Å². The van der Waals surface area contributed by atoms with Gasteiger partial charge < -0.3 is 15.0 Å². The van der Waals surface area contributed by atoms with E-state index < -0.39 is 28.4 Å². The minimum Gasteiger partial charge on any atom is -0.382 e. The molecular formula is C37H37F2N3O4S. The summed E-state index contributed by atoms with van der Waals surface area (Å²) < 4.78 is 31.3. The van der Waals surface area contributed by atoms with Crippen molar-refractivity contribution in [3.05, 3.63) is 123 Å². The van der Waals surface area contributed by atoms with E-state index in [0.29, 0.717) is 29.2 Å². The molecule has 0 fully saturated rings. The van der Waals surface area contributed by atoms with Crippen LogP contribution >= 0.6 is 11.3 Å². The van der Waals surface area contributed by atoms with E-state index in [0.717, 1.165) is 28.1 Å². The number of rotatable bonds is 11. The van der Waals surface area contributed by atoms with Crippen molar-refractivity contribution in [2.75, 3.05) is 12.4 Å². The predicted octanol–water partition coefficient (Wildman–Crippen LogP) is 7.24. The third kappa shape index (κ3) is 7.40. The van der Waals surface area contributed by atoms with E-state index in [9.17, 15) is 28.3 Å². The highest BCUT2D eigenvalue weighted by atomic mass is 32.1. The van der Waals surface area contributed by atoms with Crippen LogP contribution in [-0.4, -0.2) is 38.9 Å². The van der Waals surface area contributed by atoms with Crippen LogP contribution in [0.2, 0.25) is 0 Å². The number of anilines is 1. The van der Waals surface area contributed by atoms with Gasteiger partial charge >= 0.3 is 0 Å². The SMILES string of the molecule is CC(C)C(=O)Nc1ccc(-c2sc3c(c2CN(C)Cc2ccccc2)c(=O)c(C(=O)C(C)(C)O)cn3Cc2c(F)cccc2F)cc1. The molecule has 244 valence electrons. The third-order valence-electron chi connectivity index (χ3n) is 7.86. The number of fused-ring (bicyclic) bond motifs is 1. The van der Waals surface area contributed by atoms with Crippen LogP contribution in [0.5, 0.6) is 0 Å². The summed E-state index contributed by atoms with van der Waals surface area (Å²) in [5.41, 5.74) is 0.148. The zero-order chi connectivity index (χ0) is 34.0. The molecule has 0 atom stereocenters. The molecule has 0 saturated carbocycles. The number of amides is 1. The van der Waals surface area contributed by atoms with Crippen molar-refractivity contribution in [1.82, 2.24) is 9.47 Å². The molecule has 0 aliphatic rings. The number of benzene rings is 3. The lowest BCUT2D eigenvalue weighted by Gasteiger charge is -2.19. The van der Waals surface area contributed by atoms with Gasteiger partial charge in [0, 0.05) is 41.3 Å². The first kappa shape index (κ1) is 33.8. The molecule has 5 aromatic rings. The number of hydrogen-bond acceptors (Lipinski definition) is 6. The molecule has 5 rings (SSSR count). The van der Waals surface area contributed by atoms with Crippen LogP contribution in [0.1, 0.15) is 54.7 Å². The maximum absolute atomic E-state index is 14.9. The fourth-order valence-corrected chi connectivity index (χ4v) is 6.64. The lowest BCUT2D eigenvalue weighted by molar-refractivity contribution is -0.118. The van der Waals surface area contributed by atoms with Gasteiger partial charge in [-0.05, 0) is 61.9 Å². The van der Waals surface area contributed by atoms with E-state index in [1.165, 1.54) is 42.0 Å². The highest BCUT2D eigenvalue weighted by molar-refractivity contribution is 7.22. The molecule has 0 radical (unpaired) electrons. The highest BCUT2D eigenvalue weighted by Crippen LogP contribution is 2.39. The molecule has 0 bridgehead atoms. The first-order chi connectivity index (χ1) is 22.2. The Kier molecular flexibility index (Phi) is 9.86. The van der Waals surface area contributed by atoms with Crippen LogP contribution in [0, 0.1) is 17.6 Å². The Morgan fingerprint density at radius 3 is 2.17 bits per heavy atom. The Balaban J connectivity index is 1.74. The number of Topliss-reactive ketones (excluding diaryl/α,β-unsaturated/α-hetero) is 1. The van der Waals surface area contributed by atoms with Crippen molar-refractivity contribution in [2.24, 2.45) is 5.92 Å². The number of thiophene rings is 1. The molecule has 0 unspecified atom stereocenters. The summed E-state index contributed by atoms with van der Waals surface area (Å²) in [4.78, 5) is 43.2. The van der Waals surface area contributed by atoms with Crippen LogP contribution < -0.4 is 10.7 Å². The van der Waals surface area contributed by atoms with E-state index in [2.05, 4.69) is 5.32 Å². The first-order valence-electron chi connectivity index (χ1n) is 15.3. The minimum atomic E-state index is -1.87. The molecule has 1 amide bonds. The average Bonchev–Trinajstić information content (AvgIpc) is 3.39. The Labute approximate surface area is 276 Å². The molecule has 3 aromatic carbocycles. The fourth-order valence-electron chi connectivity index (χ4n) is 5.36. The molecule has 0 spiro atoms. The Morgan fingerprint density at radius 2 is 1.57 bits per heavy atom. The second kappa shape index (κ2) is 13.7. The van der Waals surface area contributed by atoms with Crippen LogP contribution in [0.4, 0.5) is 14.5 Å². The van der Waals surface area contributed by atoms with Gasteiger partial charge in [0.15, 0.2) is 5.78 Å². The zero-order valence-electron chi connectivity index (χ0n) is 26.9. The van der Waals surface area contributed by atoms with Gasteiger partial charge in [0.05, 0.1) is 17.5 Å². The maximum atomic E-state index is 14.9. The van der Waals surface area contributed by atoms with Crippen molar-refractivity contribution in [3.8, 4) is 10.4 Å². The minimum absolute atomic E-state index is 0.121. The largest absolute Gasteiger partial charge is 0.382 e. The molecule has 0 aliphatic heterocycles. The van der Waals surface area contributed by atoms with Crippen molar-refractivity contribution in [1.29, 1.82) is 0 Å². The Bertz CT molecular complexity index is 1970. The smallest absolute Gasteiger partial charge is 0.226 e. The normalized spacial score (nSPS) is 11.9. The number of carbonyl (C=O) groups is 2. The number of aromatic nitrogens is 1. The summed E-state index contributed by atoms with van der Waals surface area (Å²) in [5, 5.41) is 13.8. The number of nitrogens with zero attached hydrogens (tertiary/aromatic N) is 2. The lowest BCUT2D eigenvalue weighted by Crippen LogP contribution is -2.35. The van der Waals surface area contributed by atoms with Crippen LogP contribution in [0.15, 0.2) is 83.8 Å². The van der Waals surface area contributed by atoms with E-state index >= 15 is 0 Å². The second-order valence-corrected chi connectivity index (χ2v) is 13.6. The highest BCUT2D eigenvalue weighted by Gasteiger charge is 2.31. The number of pyridine rings is 1. The number of aliphatic hydroxyl groups is 1. The van der Waals surface area contributed by atoms with Gasteiger partial charge in [-0.25, -0.2) is 8.78 Å². The van der Waals surface area contributed by atoms with Gasteiger partial charge in [0.25, 0.3) is 0 Å². The van der Waals surface area contributed by atoms with Gasteiger partial charge in [0.1, 0.15) is 22.1 Å². The third-order valence-corrected chi connectivity index (χ3v) is 9.18. The number of carbonyl (C=O) groups excluding carboxylic acids is 2. The average molecular weight is 658 g/mol. The zero-order valence-corrected chi connectivity index (χ0v) is 27.8. The predicted molar refractivity (Wildman–Crippen MR) is 183 cm³/mol. The van der Waals surface area contributed by atoms with Crippen LogP contribution in [0.3, 0.4) is 0 Å². The summed E-state index contributed by atoms with van der Waals surface area (Å²) in [6.45, 7) is 6.78. The van der Waals surface area contributed by atoms with E-state index in [-0.39, 0.29) is 34.9 Å². The van der Waals surface area contributed by atoms with E-state index in [1.54, 1.807) is 26.0 Å². The molecule has 2 aromatic heterocycles. The van der Waals surface area contributed by atoms with Gasteiger partial charge in [0.2, 0.25) is 11.3 Å². The number of nitrogens with one attached hydrogen (secondary N) is 1. The molecule has 2 N–H and O–H groups in total. The summed E-state index contributed by atoms with van der Waals surface area (Å²) in [7, 11) is 1.92. The molecule has 2 heterocycles. The van der Waals surface area contributed by atoms with Crippen molar-refractivity contribution in [2.45, 2.75) is 52.9 Å². The number of halogens is 2. The maximum Gasteiger partial charge on any atom is 0.226 e. The van der Waals surface area contributed by atoms with Gasteiger partial charge in [-0.15, -0.1) is 11.3 Å². The monoisotopic (exact) mass is 657 g/mol. The molecular weight excluding hydrogens is 620 g/mol. The van der Waals surface area contributed by atoms with E-state index in [4.69, 9.17) is 0 Å². The molecule has 7 nitrogen and oxygen atoms in total.